The van der Waals surface area contributed by atoms with Crippen LogP contribution in [0.15, 0.2) is 59.6 Å². The average Bonchev–Trinajstić information content (AvgIpc) is 2.60. The molecule has 0 unspecified atom stereocenters. The van der Waals surface area contributed by atoms with Crippen molar-refractivity contribution in [2.45, 2.75) is 6.17 Å². The molecule has 0 spiro atoms. The number of amides is 1. The summed E-state index contributed by atoms with van der Waals surface area (Å²) in [6, 6.07) is 17.7. The Labute approximate surface area is 117 Å². The molecule has 1 aliphatic rings. The number of hydrogen-bond donors (Lipinski definition) is 1. The molecule has 2 aromatic rings. The van der Waals surface area contributed by atoms with Crippen molar-refractivity contribution in [3.05, 3.63) is 65.7 Å². The zero-order valence-corrected chi connectivity index (χ0v) is 11.3. The molecule has 0 aliphatic carbocycles. The Morgan fingerprint density at radius 2 is 1.70 bits per heavy atom. The maximum absolute atomic E-state index is 12.2. The number of nitrogens with zero attached hydrogens (tertiary/aromatic N) is 2. The van der Waals surface area contributed by atoms with Gasteiger partial charge < -0.3 is 10.6 Å². The highest BCUT2D eigenvalue weighted by molar-refractivity contribution is 6.19. The summed E-state index contributed by atoms with van der Waals surface area (Å²) in [5.74, 6) is -0.0941. The first-order valence-corrected chi connectivity index (χ1v) is 6.52. The second kappa shape index (κ2) is 4.90. The molecule has 20 heavy (non-hydrogen) atoms. The third-order valence-electron chi connectivity index (χ3n) is 3.47. The molecule has 3 rings (SSSR count). The van der Waals surface area contributed by atoms with Gasteiger partial charge in [0.2, 0.25) is 0 Å². The molecule has 3 N–H and O–H groups in total. The predicted octanol–water partition coefficient (Wildman–Crippen LogP) is 1.07. The first-order valence-electron chi connectivity index (χ1n) is 6.52. The van der Waals surface area contributed by atoms with Gasteiger partial charge >= 0.3 is 5.91 Å². The van der Waals surface area contributed by atoms with E-state index >= 15 is 0 Å². The van der Waals surface area contributed by atoms with Gasteiger partial charge in [-0.3, -0.25) is 4.79 Å². The number of para-hydroxylation sites is 1. The molecule has 0 aromatic heterocycles. The van der Waals surface area contributed by atoms with Crippen molar-refractivity contribution in [1.29, 1.82) is 0 Å². The molecule has 1 atom stereocenters. The van der Waals surface area contributed by atoms with Gasteiger partial charge in [-0.1, -0.05) is 48.5 Å². The number of carbonyl (C=O) groups is 1. The minimum Gasteiger partial charge on any atom is -0.328 e. The molecular weight excluding hydrogens is 250 g/mol. The van der Waals surface area contributed by atoms with Gasteiger partial charge in [0.05, 0.1) is 11.4 Å². The molecule has 1 amide bonds. The summed E-state index contributed by atoms with van der Waals surface area (Å²) in [4.78, 5) is 18.4. The fourth-order valence-electron chi connectivity index (χ4n) is 2.42. The van der Waals surface area contributed by atoms with Gasteiger partial charge in [0.1, 0.15) is 0 Å². The summed E-state index contributed by atoms with van der Waals surface area (Å²) < 4.78 is 0. The molecule has 0 saturated carbocycles. The number of fused-ring (bicyclic) bond motifs is 1. The van der Waals surface area contributed by atoms with Gasteiger partial charge in [-0.2, -0.15) is 0 Å². The lowest BCUT2D eigenvalue weighted by Crippen LogP contribution is -2.66. The minimum absolute atomic E-state index is 0.0941. The van der Waals surface area contributed by atoms with Gasteiger partial charge in [0, 0.05) is 18.2 Å². The van der Waals surface area contributed by atoms with Crippen molar-refractivity contribution in [1.82, 2.24) is 0 Å². The number of carbonyl (C=O) groups excluding carboxylic acids is 1. The van der Waals surface area contributed by atoms with Crippen LogP contribution < -0.4 is 10.6 Å². The largest absolute Gasteiger partial charge is 0.328 e. The van der Waals surface area contributed by atoms with Crippen LogP contribution in [-0.4, -0.2) is 24.8 Å². The first kappa shape index (κ1) is 12.6. The summed E-state index contributed by atoms with van der Waals surface area (Å²) in [6.07, 6.45) is -0.623. The normalized spacial score (nSPS) is 18.3. The number of anilines is 1. The van der Waals surface area contributed by atoms with E-state index in [1.54, 1.807) is 11.9 Å². The Morgan fingerprint density at radius 3 is 2.45 bits per heavy atom. The van der Waals surface area contributed by atoms with E-state index in [1.807, 2.05) is 54.6 Å². The lowest BCUT2D eigenvalue weighted by atomic mass is 10.0. The number of benzodiazepines with no additional fused rings is 1. The number of benzene rings is 2. The molecule has 0 saturated heterocycles. The van der Waals surface area contributed by atoms with Crippen LogP contribution in [0.25, 0.3) is 0 Å². The molecule has 2 aromatic carbocycles. The predicted molar refractivity (Wildman–Crippen MR) is 78.6 cm³/mol. The van der Waals surface area contributed by atoms with Crippen LogP contribution in [0.5, 0.6) is 0 Å². The SMILES string of the molecule is CN1C(=O)[C@H]([NH3+])N=C(c2ccccc2)c2ccccc21. The molecule has 0 radical (unpaired) electrons. The third kappa shape index (κ3) is 2.00. The Bertz CT molecular complexity index is 679. The van der Waals surface area contributed by atoms with E-state index in [0.717, 1.165) is 22.5 Å². The summed E-state index contributed by atoms with van der Waals surface area (Å²) in [5, 5.41) is 0. The minimum atomic E-state index is -0.623. The fourth-order valence-corrected chi connectivity index (χ4v) is 2.42. The van der Waals surface area contributed by atoms with E-state index in [-0.39, 0.29) is 5.91 Å². The third-order valence-corrected chi connectivity index (χ3v) is 3.47. The maximum atomic E-state index is 12.2. The van der Waals surface area contributed by atoms with E-state index in [1.165, 1.54) is 0 Å². The van der Waals surface area contributed by atoms with Crippen molar-refractivity contribution in [3.63, 3.8) is 0 Å². The van der Waals surface area contributed by atoms with Gasteiger partial charge in [-0.05, 0) is 6.07 Å². The van der Waals surface area contributed by atoms with Crippen molar-refractivity contribution in [3.8, 4) is 0 Å². The number of aliphatic imine (C=N–C) groups is 1. The molecule has 4 heteroatoms. The number of hydrogen-bond acceptors (Lipinski definition) is 2. The number of likely N-dealkylation sites (N-methyl/N-ethyl adjacent to an activating group) is 1. The topological polar surface area (TPSA) is 60.3 Å². The van der Waals surface area contributed by atoms with Crippen LogP contribution in [0, 0.1) is 0 Å². The van der Waals surface area contributed by atoms with Crippen LogP contribution in [0.2, 0.25) is 0 Å². The average molecular weight is 266 g/mol. The highest BCUT2D eigenvalue weighted by Crippen LogP contribution is 2.26. The second-order valence-electron chi connectivity index (χ2n) is 4.77. The van der Waals surface area contributed by atoms with Crippen LogP contribution >= 0.6 is 0 Å². The first-order chi connectivity index (χ1) is 9.68. The molecule has 1 heterocycles. The molecular formula is C16H16N3O+. The van der Waals surface area contributed by atoms with Crippen molar-refractivity contribution >= 4 is 17.3 Å². The number of rotatable bonds is 1. The quantitative estimate of drug-likeness (QED) is 0.824. The van der Waals surface area contributed by atoms with E-state index in [9.17, 15) is 4.79 Å². The Morgan fingerprint density at radius 1 is 1.05 bits per heavy atom. The zero-order chi connectivity index (χ0) is 14.1. The smallest absolute Gasteiger partial charge is 0.308 e. The standard InChI is InChI=1S/C16H15N3O/c1-19-13-10-6-5-9-12(13)14(18-15(17)16(19)20)11-7-3-2-4-8-11/h2-10,15H,17H2,1H3/p+1/t15-/m1/s1. The maximum Gasteiger partial charge on any atom is 0.308 e. The fraction of sp³-hybridized carbons (Fsp3) is 0.125. The Kier molecular flexibility index (Phi) is 3.08. The van der Waals surface area contributed by atoms with Crippen LogP contribution in [0.1, 0.15) is 11.1 Å². The van der Waals surface area contributed by atoms with Crippen molar-refractivity contribution < 1.29 is 10.5 Å². The second-order valence-corrected chi connectivity index (χ2v) is 4.77. The molecule has 100 valence electrons. The highest BCUT2D eigenvalue weighted by Gasteiger charge is 2.29. The van der Waals surface area contributed by atoms with Crippen molar-refractivity contribution in [2.75, 3.05) is 11.9 Å². The van der Waals surface area contributed by atoms with Crippen LogP contribution in [0.3, 0.4) is 0 Å². The van der Waals surface area contributed by atoms with Gasteiger partial charge in [0.25, 0.3) is 6.17 Å². The Balaban J connectivity index is 2.24. The summed E-state index contributed by atoms with van der Waals surface area (Å²) in [6.45, 7) is 0. The van der Waals surface area contributed by atoms with E-state index in [4.69, 9.17) is 0 Å². The Hall–Kier alpha value is -2.46. The summed E-state index contributed by atoms with van der Waals surface area (Å²) in [5.41, 5.74) is 7.51. The van der Waals surface area contributed by atoms with Crippen LogP contribution in [-0.2, 0) is 4.79 Å². The van der Waals surface area contributed by atoms with E-state index in [0.29, 0.717) is 0 Å². The lowest BCUT2D eigenvalue weighted by molar-refractivity contribution is -0.400. The van der Waals surface area contributed by atoms with Crippen LogP contribution in [0.4, 0.5) is 5.69 Å². The van der Waals surface area contributed by atoms with Gasteiger partial charge in [0.15, 0.2) is 0 Å². The molecule has 0 fully saturated rings. The molecule has 0 bridgehead atoms. The van der Waals surface area contributed by atoms with E-state index in [2.05, 4.69) is 10.7 Å². The molecule has 1 aliphatic heterocycles. The van der Waals surface area contributed by atoms with E-state index < -0.39 is 6.17 Å². The van der Waals surface area contributed by atoms with Gasteiger partial charge in [-0.15, -0.1) is 0 Å². The highest BCUT2D eigenvalue weighted by atomic mass is 16.2. The zero-order valence-electron chi connectivity index (χ0n) is 11.3. The van der Waals surface area contributed by atoms with Gasteiger partial charge in [-0.25, -0.2) is 4.99 Å². The number of quaternary nitrogens is 1. The monoisotopic (exact) mass is 266 g/mol. The summed E-state index contributed by atoms with van der Waals surface area (Å²) in [7, 11) is 1.77. The molecule has 4 nitrogen and oxygen atoms in total. The lowest BCUT2D eigenvalue weighted by Gasteiger charge is -2.17. The summed E-state index contributed by atoms with van der Waals surface area (Å²) >= 11 is 0. The van der Waals surface area contributed by atoms with Crippen molar-refractivity contribution in [2.24, 2.45) is 4.99 Å².